The van der Waals surface area contributed by atoms with Crippen molar-refractivity contribution in [2.75, 3.05) is 6.61 Å². The first-order valence-electron chi connectivity index (χ1n) is 7.61. The number of hydrogen-bond acceptors (Lipinski definition) is 5. The predicted molar refractivity (Wildman–Crippen MR) is 87.1 cm³/mol. The van der Waals surface area contributed by atoms with Gasteiger partial charge < -0.3 is 10.1 Å². The number of esters is 1. The summed E-state index contributed by atoms with van der Waals surface area (Å²) < 4.78 is 5.14. The van der Waals surface area contributed by atoms with Crippen molar-refractivity contribution in [1.29, 1.82) is 10.7 Å². The quantitative estimate of drug-likeness (QED) is 0.589. The van der Waals surface area contributed by atoms with Crippen LogP contribution in [0.1, 0.15) is 38.7 Å². The molecule has 0 unspecified atom stereocenters. The molecule has 0 aliphatic rings. The average Bonchev–Trinajstić information content (AvgIpc) is 2.54. The van der Waals surface area contributed by atoms with E-state index in [9.17, 15) is 9.59 Å². The Hall–Kier alpha value is -2.48. The van der Waals surface area contributed by atoms with Gasteiger partial charge in [-0.3, -0.25) is 9.59 Å². The molecule has 5 heteroatoms. The first-order chi connectivity index (χ1) is 10.9. The van der Waals surface area contributed by atoms with Crippen LogP contribution >= 0.6 is 0 Å². The van der Waals surface area contributed by atoms with Crippen LogP contribution in [-0.2, 0) is 14.3 Å². The van der Waals surface area contributed by atoms with Crippen molar-refractivity contribution in [3.05, 3.63) is 35.9 Å². The van der Waals surface area contributed by atoms with E-state index in [1.54, 1.807) is 6.07 Å². The standard InChI is InChI=1S/C18H22N2O3/c1-4-12(2)17(14-8-6-5-7-9-14)18(22)23-11-16(21)15(10-19)13(3)20/h5-9,12,15,17,20H,4,11H2,1-3H3/t12-,15-,17+/m1/s1. The zero-order valence-electron chi connectivity index (χ0n) is 13.7. The molecule has 1 aromatic carbocycles. The lowest BCUT2D eigenvalue weighted by Crippen LogP contribution is -2.28. The SMILES string of the molecule is CC[C@@H](C)[C@H](C(=O)OCC(=O)[C@H](C#N)C(C)=N)c1ccccc1. The van der Waals surface area contributed by atoms with E-state index in [2.05, 4.69) is 0 Å². The maximum Gasteiger partial charge on any atom is 0.314 e. The lowest BCUT2D eigenvalue weighted by Gasteiger charge is -2.22. The molecule has 0 fully saturated rings. The topological polar surface area (TPSA) is 91.0 Å². The second kappa shape index (κ2) is 8.84. The second-order valence-corrected chi connectivity index (χ2v) is 5.59. The van der Waals surface area contributed by atoms with Crippen LogP contribution in [0.5, 0.6) is 0 Å². The second-order valence-electron chi connectivity index (χ2n) is 5.59. The molecule has 0 heterocycles. The number of rotatable bonds is 8. The van der Waals surface area contributed by atoms with Crippen molar-refractivity contribution in [1.82, 2.24) is 0 Å². The normalized spacial score (nSPS) is 14.2. The Balaban J connectivity index is 2.82. The van der Waals surface area contributed by atoms with Gasteiger partial charge in [0.05, 0.1) is 12.0 Å². The number of ether oxygens (including phenoxy) is 1. The molecule has 0 saturated heterocycles. The third kappa shape index (κ3) is 5.03. The molecule has 0 amide bonds. The fraction of sp³-hybridized carbons (Fsp3) is 0.444. The molecule has 5 nitrogen and oxygen atoms in total. The van der Waals surface area contributed by atoms with Crippen molar-refractivity contribution < 1.29 is 14.3 Å². The molecular weight excluding hydrogens is 292 g/mol. The van der Waals surface area contributed by atoms with E-state index in [0.29, 0.717) is 0 Å². The van der Waals surface area contributed by atoms with Crippen molar-refractivity contribution in [3.8, 4) is 6.07 Å². The Labute approximate surface area is 136 Å². The molecule has 0 aromatic heterocycles. The molecule has 0 bridgehead atoms. The number of nitriles is 1. The fourth-order valence-corrected chi connectivity index (χ4v) is 2.32. The van der Waals surface area contributed by atoms with E-state index < -0.39 is 30.2 Å². The minimum Gasteiger partial charge on any atom is -0.457 e. The van der Waals surface area contributed by atoms with Gasteiger partial charge in [-0.05, 0) is 18.4 Å². The van der Waals surface area contributed by atoms with Gasteiger partial charge in [-0.2, -0.15) is 5.26 Å². The van der Waals surface area contributed by atoms with Crippen LogP contribution in [0.4, 0.5) is 0 Å². The number of ketones is 1. The third-order valence-electron chi connectivity index (χ3n) is 3.87. The van der Waals surface area contributed by atoms with E-state index in [0.717, 1.165) is 12.0 Å². The lowest BCUT2D eigenvalue weighted by atomic mass is 9.85. The van der Waals surface area contributed by atoms with Crippen LogP contribution in [0.25, 0.3) is 0 Å². The van der Waals surface area contributed by atoms with Crippen LogP contribution in [0, 0.1) is 28.6 Å². The molecule has 0 spiro atoms. The highest BCUT2D eigenvalue weighted by molar-refractivity contribution is 6.06. The van der Waals surface area contributed by atoms with E-state index in [1.807, 2.05) is 44.2 Å². The van der Waals surface area contributed by atoms with E-state index in [-0.39, 0.29) is 11.6 Å². The zero-order chi connectivity index (χ0) is 17.4. The molecule has 0 saturated carbocycles. The minimum absolute atomic E-state index is 0.0462. The van der Waals surface area contributed by atoms with Crippen LogP contribution in [0.2, 0.25) is 0 Å². The molecule has 1 rings (SSSR count). The van der Waals surface area contributed by atoms with Crippen molar-refractivity contribution in [3.63, 3.8) is 0 Å². The Morgan fingerprint density at radius 3 is 2.39 bits per heavy atom. The van der Waals surface area contributed by atoms with Crippen LogP contribution < -0.4 is 0 Å². The summed E-state index contributed by atoms with van der Waals surface area (Å²) in [6.07, 6.45) is 0.795. The van der Waals surface area contributed by atoms with Crippen molar-refractivity contribution in [2.45, 2.75) is 33.1 Å². The van der Waals surface area contributed by atoms with Gasteiger partial charge in [0, 0.05) is 5.71 Å². The fourth-order valence-electron chi connectivity index (χ4n) is 2.32. The summed E-state index contributed by atoms with van der Waals surface area (Å²) in [6, 6.07) is 11.1. The summed E-state index contributed by atoms with van der Waals surface area (Å²) in [5, 5.41) is 16.3. The van der Waals surface area contributed by atoms with Gasteiger partial charge in [0.1, 0.15) is 5.92 Å². The number of benzene rings is 1. The summed E-state index contributed by atoms with van der Waals surface area (Å²) in [5.41, 5.74) is 0.800. The summed E-state index contributed by atoms with van der Waals surface area (Å²) in [6.45, 7) is 4.86. The van der Waals surface area contributed by atoms with Crippen molar-refractivity contribution in [2.24, 2.45) is 11.8 Å². The summed E-state index contributed by atoms with van der Waals surface area (Å²) in [7, 11) is 0. The van der Waals surface area contributed by atoms with Gasteiger partial charge in [0.25, 0.3) is 0 Å². The molecule has 1 N–H and O–H groups in total. The van der Waals surface area contributed by atoms with Crippen LogP contribution in [0.15, 0.2) is 30.3 Å². The van der Waals surface area contributed by atoms with Gasteiger partial charge >= 0.3 is 5.97 Å². The van der Waals surface area contributed by atoms with Gasteiger partial charge in [-0.25, -0.2) is 0 Å². The molecule has 23 heavy (non-hydrogen) atoms. The number of Topliss-reactive ketones (excluding diaryl/α,β-unsaturated/α-hetero) is 1. The first kappa shape index (κ1) is 18.6. The number of nitrogens with one attached hydrogen (secondary N) is 1. The molecule has 1 aromatic rings. The van der Waals surface area contributed by atoms with Crippen LogP contribution in [-0.4, -0.2) is 24.1 Å². The largest absolute Gasteiger partial charge is 0.457 e. The predicted octanol–water partition coefficient (Wildman–Crippen LogP) is 3.11. The van der Waals surface area contributed by atoms with Gasteiger partial charge in [-0.15, -0.1) is 0 Å². The highest BCUT2D eigenvalue weighted by Crippen LogP contribution is 2.28. The van der Waals surface area contributed by atoms with Crippen molar-refractivity contribution >= 4 is 17.5 Å². The maximum absolute atomic E-state index is 12.4. The smallest absolute Gasteiger partial charge is 0.314 e. The Kier molecular flexibility index (Phi) is 7.14. The Bertz CT molecular complexity index is 604. The number of nitrogens with zero attached hydrogens (tertiary/aromatic N) is 1. The molecular formula is C18H22N2O3. The lowest BCUT2D eigenvalue weighted by molar-refractivity contribution is -0.150. The zero-order valence-corrected chi connectivity index (χ0v) is 13.7. The van der Waals surface area contributed by atoms with Crippen LogP contribution in [0.3, 0.4) is 0 Å². The Morgan fingerprint density at radius 1 is 1.30 bits per heavy atom. The summed E-state index contributed by atoms with van der Waals surface area (Å²) in [5.74, 6) is -2.57. The number of carbonyl (C=O) groups is 2. The van der Waals surface area contributed by atoms with Gasteiger partial charge in [-0.1, -0.05) is 50.6 Å². The minimum atomic E-state index is -1.15. The summed E-state index contributed by atoms with van der Waals surface area (Å²) >= 11 is 0. The number of carbonyl (C=O) groups excluding carboxylic acids is 2. The monoisotopic (exact) mass is 314 g/mol. The molecule has 0 aliphatic carbocycles. The van der Waals surface area contributed by atoms with Gasteiger partial charge in [0.15, 0.2) is 12.4 Å². The highest BCUT2D eigenvalue weighted by atomic mass is 16.5. The third-order valence-corrected chi connectivity index (χ3v) is 3.87. The highest BCUT2D eigenvalue weighted by Gasteiger charge is 2.29. The van der Waals surface area contributed by atoms with E-state index in [1.165, 1.54) is 6.92 Å². The molecule has 3 atom stereocenters. The summed E-state index contributed by atoms with van der Waals surface area (Å²) in [4.78, 5) is 24.3. The molecule has 122 valence electrons. The van der Waals surface area contributed by atoms with Gasteiger partial charge in [0.2, 0.25) is 0 Å². The average molecular weight is 314 g/mol. The molecule has 0 aliphatic heterocycles. The Morgan fingerprint density at radius 2 is 1.91 bits per heavy atom. The van der Waals surface area contributed by atoms with E-state index >= 15 is 0 Å². The van der Waals surface area contributed by atoms with E-state index in [4.69, 9.17) is 15.4 Å². The maximum atomic E-state index is 12.4. The number of hydrogen-bond donors (Lipinski definition) is 1. The molecule has 0 radical (unpaired) electrons. The first-order valence-corrected chi connectivity index (χ1v) is 7.61.